The number of halogens is 1. The first-order valence-corrected chi connectivity index (χ1v) is 5.35. The number of rotatable bonds is 5. The Balaban J connectivity index is 2.28. The fourth-order valence-electron chi connectivity index (χ4n) is 1.19. The molecule has 0 aromatic heterocycles. The first-order valence-electron chi connectivity index (χ1n) is 4.97. The largest absolute Gasteiger partial charge is 0.465 e. The zero-order valence-corrected chi connectivity index (χ0v) is 9.79. The number of carbonyl (C=O) groups is 2. The van der Waals surface area contributed by atoms with Crippen molar-refractivity contribution < 1.29 is 14.3 Å². The topological polar surface area (TPSA) is 43.4 Å². The number of ether oxygens (including phenoxy) is 1. The normalized spacial score (nSPS) is 9.88. The van der Waals surface area contributed by atoms with Crippen LogP contribution in [-0.4, -0.2) is 18.4 Å². The fraction of sp³-hybridized carbons (Fsp3) is 0.333. The molecule has 0 aliphatic rings. The SMILES string of the molecule is CC(=O)CC(=O)OCCc1ccc(Cl)cc1. The maximum absolute atomic E-state index is 11.0. The van der Waals surface area contributed by atoms with E-state index in [1.54, 1.807) is 12.1 Å². The van der Waals surface area contributed by atoms with E-state index in [0.29, 0.717) is 11.4 Å². The van der Waals surface area contributed by atoms with Gasteiger partial charge in [-0.1, -0.05) is 23.7 Å². The standard InChI is InChI=1S/C12H13ClO3/c1-9(14)8-12(15)16-7-6-10-2-4-11(13)5-3-10/h2-5H,6-8H2,1H3. The Kier molecular flexibility index (Phi) is 4.99. The van der Waals surface area contributed by atoms with E-state index in [0.717, 1.165) is 5.56 Å². The summed E-state index contributed by atoms with van der Waals surface area (Å²) < 4.78 is 4.89. The third-order valence-corrected chi connectivity index (χ3v) is 2.21. The van der Waals surface area contributed by atoms with Crippen molar-refractivity contribution in [3.8, 4) is 0 Å². The van der Waals surface area contributed by atoms with Gasteiger partial charge in [0.15, 0.2) is 0 Å². The maximum Gasteiger partial charge on any atom is 0.313 e. The van der Waals surface area contributed by atoms with E-state index >= 15 is 0 Å². The number of Topliss-reactive ketones (excluding diaryl/α,β-unsaturated/α-hetero) is 1. The van der Waals surface area contributed by atoms with Crippen LogP contribution in [0.1, 0.15) is 18.9 Å². The first-order chi connectivity index (χ1) is 7.58. The quantitative estimate of drug-likeness (QED) is 0.586. The van der Waals surface area contributed by atoms with Crippen LogP contribution in [0.5, 0.6) is 0 Å². The summed E-state index contributed by atoms with van der Waals surface area (Å²) in [5.41, 5.74) is 1.04. The van der Waals surface area contributed by atoms with Gasteiger partial charge in [0.25, 0.3) is 0 Å². The Morgan fingerprint density at radius 3 is 2.44 bits per heavy atom. The third kappa shape index (κ3) is 4.94. The summed E-state index contributed by atoms with van der Waals surface area (Å²) >= 11 is 5.73. The Hall–Kier alpha value is -1.35. The van der Waals surface area contributed by atoms with Gasteiger partial charge in [-0.3, -0.25) is 9.59 Å². The molecule has 0 heterocycles. The Morgan fingerprint density at radius 1 is 1.25 bits per heavy atom. The Labute approximate surface area is 99.4 Å². The monoisotopic (exact) mass is 240 g/mol. The molecule has 0 spiro atoms. The summed E-state index contributed by atoms with van der Waals surface area (Å²) in [6, 6.07) is 7.32. The second-order valence-corrected chi connectivity index (χ2v) is 3.91. The molecule has 0 unspecified atom stereocenters. The molecule has 1 aromatic rings. The smallest absolute Gasteiger partial charge is 0.313 e. The summed E-state index contributed by atoms with van der Waals surface area (Å²) in [6.07, 6.45) is 0.474. The van der Waals surface area contributed by atoms with Gasteiger partial charge in [-0.2, -0.15) is 0 Å². The van der Waals surface area contributed by atoms with E-state index in [-0.39, 0.29) is 18.8 Å². The molecule has 16 heavy (non-hydrogen) atoms. The molecule has 0 atom stereocenters. The van der Waals surface area contributed by atoms with Gasteiger partial charge in [-0.05, 0) is 24.6 Å². The van der Waals surface area contributed by atoms with E-state index in [1.807, 2.05) is 12.1 Å². The number of carbonyl (C=O) groups excluding carboxylic acids is 2. The van der Waals surface area contributed by atoms with E-state index in [1.165, 1.54) is 6.92 Å². The number of hydrogen-bond acceptors (Lipinski definition) is 3. The van der Waals surface area contributed by atoms with E-state index < -0.39 is 5.97 Å². The molecular weight excluding hydrogens is 228 g/mol. The van der Waals surface area contributed by atoms with Crippen LogP contribution in [0.15, 0.2) is 24.3 Å². The van der Waals surface area contributed by atoms with Crippen molar-refractivity contribution in [3.05, 3.63) is 34.9 Å². The molecule has 0 aliphatic carbocycles. The zero-order chi connectivity index (χ0) is 12.0. The van der Waals surface area contributed by atoms with Gasteiger partial charge >= 0.3 is 5.97 Å². The summed E-state index contributed by atoms with van der Waals surface area (Å²) in [5.74, 6) is -0.655. The highest BCUT2D eigenvalue weighted by atomic mass is 35.5. The second-order valence-electron chi connectivity index (χ2n) is 3.48. The van der Waals surface area contributed by atoms with Crippen LogP contribution in [0.3, 0.4) is 0 Å². The highest BCUT2D eigenvalue weighted by Gasteiger charge is 2.05. The molecule has 0 fully saturated rings. The molecular formula is C12H13ClO3. The predicted octanol–water partition coefficient (Wildman–Crippen LogP) is 2.40. The molecule has 0 saturated carbocycles. The van der Waals surface area contributed by atoms with E-state index in [9.17, 15) is 9.59 Å². The van der Waals surface area contributed by atoms with E-state index in [4.69, 9.17) is 16.3 Å². The van der Waals surface area contributed by atoms with Crippen LogP contribution < -0.4 is 0 Å². The van der Waals surface area contributed by atoms with Gasteiger partial charge in [0, 0.05) is 11.4 Å². The molecule has 1 rings (SSSR count). The lowest BCUT2D eigenvalue weighted by Crippen LogP contribution is -2.10. The van der Waals surface area contributed by atoms with Gasteiger partial charge in [-0.15, -0.1) is 0 Å². The Morgan fingerprint density at radius 2 is 1.88 bits per heavy atom. The van der Waals surface area contributed by atoms with Crippen LogP contribution in [0, 0.1) is 0 Å². The number of ketones is 1. The van der Waals surface area contributed by atoms with Gasteiger partial charge in [-0.25, -0.2) is 0 Å². The van der Waals surface area contributed by atoms with Crippen LogP contribution in [0.25, 0.3) is 0 Å². The average molecular weight is 241 g/mol. The Bertz CT molecular complexity index is 370. The van der Waals surface area contributed by atoms with Gasteiger partial charge in [0.2, 0.25) is 0 Å². The highest BCUT2D eigenvalue weighted by Crippen LogP contribution is 2.09. The lowest BCUT2D eigenvalue weighted by molar-refractivity contribution is -0.145. The zero-order valence-electron chi connectivity index (χ0n) is 9.03. The van der Waals surface area contributed by atoms with Crippen molar-refractivity contribution >= 4 is 23.4 Å². The number of hydrogen-bond donors (Lipinski definition) is 0. The molecule has 0 aliphatic heterocycles. The molecule has 86 valence electrons. The van der Waals surface area contributed by atoms with Gasteiger partial charge in [0.1, 0.15) is 12.2 Å². The summed E-state index contributed by atoms with van der Waals surface area (Å²) in [6.45, 7) is 1.65. The van der Waals surface area contributed by atoms with Gasteiger partial charge in [0.05, 0.1) is 6.61 Å². The molecule has 0 bridgehead atoms. The van der Waals surface area contributed by atoms with Crippen LogP contribution in [-0.2, 0) is 20.7 Å². The minimum atomic E-state index is -0.471. The fourth-order valence-corrected chi connectivity index (χ4v) is 1.31. The highest BCUT2D eigenvalue weighted by molar-refractivity contribution is 6.30. The molecule has 0 saturated heterocycles. The second kappa shape index (κ2) is 6.28. The van der Waals surface area contributed by atoms with Crippen molar-refractivity contribution in [1.29, 1.82) is 0 Å². The van der Waals surface area contributed by atoms with Gasteiger partial charge < -0.3 is 4.74 Å². The lowest BCUT2D eigenvalue weighted by Gasteiger charge is -2.03. The number of benzene rings is 1. The average Bonchev–Trinajstić information content (AvgIpc) is 2.20. The molecule has 0 amide bonds. The van der Waals surface area contributed by atoms with Crippen molar-refractivity contribution in [2.75, 3.05) is 6.61 Å². The molecule has 1 aromatic carbocycles. The molecule has 3 nitrogen and oxygen atoms in total. The van der Waals surface area contributed by atoms with E-state index in [2.05, 4.69) is 0 Å². The van der Waals surface area contributed by atoms with Crippen molar-refractivity contribution in [2.24, 2.45) is 0 Å². The predicted molar refractivity (Wildman–Crippen MR) is 61.4 cm³/mol. The number of esters is 1. The summed E-state index contributed by atoms with van der Waals surface area (Å²) in [5, 5.41) is 0.678. The van der Waals surface area contributed by atoms with Crippen molar-refractivity contribution in [1.82, 2.24) is 0 Å². The minimum Gasteiger partial charge on any atom is -0.465 e. The van der Waals surface area contributed by atoms with Crippen LogP contribution >= 0.6 is 11.6 Å². The summed E-state index contributed by atoms with van der Waals surface area (Å²) in [4.78, 5) is 21.6. The minimum absolute atomic E-state index is 0.152. The third-order valence-electron chi connectivity index (χ3n) is 1.96. The molecule has 0 radical (unpaired) electrons. The lowest BCUT2D eigenvalue weighted by atomic mass is 10.2. The molecule has 0 N–H and O–H groups in total. The molecule has 4 heteroatoms. The first kappa shape index (κ1) is 12.7. The maximum atomic E-state index is 11.0. The summed E-state index contributed by atoms with van der Waals surface area (Å²) in [7, 11) is 0. The van der Waals surface area contributed by atoms with Crippen molar-refractivity contribution in [2.45, 2.75) is 19.8 Å². The van der Waals surface area contributed by atoms with Crippen LogP contribution in [0.4, 0.5) is 0 Å². The van der Waals surface area contributed by atoms with Crippen LogP contribution in [0.2, 0.25) is 5.02 Å². The van der Waals surface area contributed by atoms with Crippen molar-refractivity contribution in [3.63, 3.8) is 0 Å².